The van der Waals surface area contributed by atoms with Crippen LogP contribution in [0.15, 0.2) is 60.7 Å². The van der Waals surface area contributed by atoms with E-state index in [4.69, 9.17) is 9.47 Å². The van der Waals surface area contributed by atoms with E-state index in [0.717, 1.165) is 22.5 Å². The number of para-hydroxylation sites is 1. The van der Waals surface area contributed by atoms with Gasteiger partial charge in [0.25, 0.3) is 0 Å². The molecule has 5 rings (SSSR count). The summed E-state index contributed by atoms with van der Waals surface area (Å²) in [5.74, 6) is -0.254. The number of anilines is 1. The third-order valence-electron chi connectivity index (χ3n) is 5.63. The maximum atomic E-state index is 12.6. The van der Waals surface area contributed by atoms with Crippen molar-refractivity contribution in [1.82, 2.24) is 15.1 Å². The molecule has 3 aromatic rings. The molecule has 1 atom stereocenters. The Morgan fingerprint density at radius 1 is 1.16 bits per heavy atom. The minimum atomic E-state index is -0.385. The molecular weight excluding hydrogens is 408 g/mol. The van der Waals surface area contributed by atoms with E-state index in [1.165, 1.54) is 0 Å². The fourth-order valence-corrected chi connectivity index (χ4v) is 3.78. The van der Waals surface area contributed by atoms with Crippen LogP contribution in [-0.4, -0.2) is 47.5 Å². The molecule has 2 saturated heterocycles. The van der Waals surface area contributed by atoms with E-state index in [1.807, 2.05) is 59.3 Å². The van der Waals surface area contributed by atoms with Crippen LogP contribution in [0.3, 0.4) is 0 Å². The minimum absolute atomic E-state index is 0.104. The maximum Gasteiger partial charge on any atom is 0.230 e. The molecule has 2 aliphatic rings. The van der Waals surface area contributed by atoms with E-state index in [2.05, 4.69) is 21.8 Å². The van der Waals surface area contributed by atoms with Crippen LogP contribution in [0.25, 0.3) is 16.9 Å². The largest absolute Gasteiger partial charge is 0.376 e. The molecule has 2 aromatic carbocycles. The fraction of sp³-hybridized carbons (Fsp3) is 0.292. The van der Waals surface area contributed by atoms with Gasteiger partial charge in [0.05, 0.1) is 37.1 Å². The van der Waals surface area contributed by atoms with Gasteiger partial charge in [-0.1, -0.05) is 36.4 Å². The van der Waals surface area contributed by atoms with Crippen molar-refractivity contribution in [3.8, 4) is 16.9 Å². The summed E-state index contributed by atoms with van der Waals surface area (Å²) in [4.78, 5) is 24.1. The maximum absolute atomic E-state index is 12.6. The number of hydrogen-bond donors (Lipinski definition) is 2. The summed E-state index contributed by atoms with van der Waals surface area (Å²) in [7, 11) is 0. The second kappa shape index (κ2) is 8.94. The van der Waals surface area contributed by atoms with Crippen LogP contribution < -0.4 is 10.6 Å². The lowest BCUT2D eigenvalue weighted by Gasteiger charge is -2.26. The van der Waals surface area contributed by atoms with Crippen LogP contribution >= 0.6 is 0 Å². The van der Waals surface area contributed by atoms with E-state index < -0.39 is 0 Å². The van der Waals surface area contributed by atoms with Crippen molar-refractivity contribution in [1.29, 1.82) is 0 Å². The highest BCUT2D eigenvalue weighted by atomic mass is 16.6. The number of carbonyl (C=O) groups is 2. The predicted molar refractivity (Wildman–Crippen MR) is 118 cm³/mol. The number of ether oxygens (including phenoxy) is 2. The molecule has 2 fully saturated rings. The third-order valence-corrected chi connectivity index (χ3v) is 5.63. The summed E-state index contributed by atoms with van der Waals surface area (Å²) in [5, 5.41) is 10.2. The molecular formula is C24H24N4O4. The lowest BCUT2D eigenvalue weighted by atomic mass is 10.1. The van der Waals surface area contributed by atoms with Crippen LogP contribution in [0.1, 0.15) is 12.0 Å². The predicted octanol–water partition coefficient (Wildman–Crippen LogP) is 2.53. The first-order chi connectivity index (χ1) is 15.7. The summed E-state index contributed by atoms with van der Waals surface area (Å²) in [6.07, 6.45) is 0.360. The molecule has 0 unspecified atom stereocenters. The Morgan fingerprint density at radius 2 is 2.00 bits per heavy atom. The molecule has 2 aliphatic heterocycles. The van der Waals surface area contributed by atoms with E-state index in [1.54, 1.807) is 0 Å². The van der Waals surface area contributed by atoms with Crippen LogP contribution in [-0.2, 0) is 25.7 Å². The van der Waals surface area contributed by atoms with Crippen LogP contribution in [0, 0.1) is 5.92 Å². The highest BCUT2D eigenvalue weighted by Crippen LogP contribution is 2.28. The first kappa shape index (κ1) is 20.4. The first-order valence-corrected chi connectivity index (χ1v) is 10.7. The SMILES string of the molecule is O=C1C[C@H](C(=O)Nc2cc(-c3cccc(COC4COC4)c3)n(-c3ccccc3)n2)CN1. The number of hydrogen-bond acceptors (Lipinski definition) is 5. The number of benzene rings is 2. The first-order valence-electron chi connectivity index (χ1n) is 10.7. The lowest BCUT2D eigenvalue weighted by molar-refractivity contribution is -0.135. The molecule has 8 heteroatoms. The fourth-order valence-electron chi connectivity index (χ4n) is 3.78. The van der Waals surface area contributed by atoms with Gasteiger partial charge in [0.2, 0.25) is 11.8 Å². The van der Waals surface area contributed by atoms with Gasteiger partial charge in [0, 0.05) is 24.6 Å². The molecule has 8 nitrogen and oxygen atoms in total. The van der Waals surface area contributed by atoms with Gasteiger partial charge < -0.3 is 20.1 Å². The Morgan fingerprint density at radius 3 is 2.72 bits per heavy atom. The van der Waals surface area contributed by atoms with Gasteiger partial charge in [-0.25, -0.2) is 4.68 Å². The van der Waals surface area contributed by atoms with Crippen molar-refractivity contribution in [3.63, 3.8) is 0 Å². The van der Waals surface area contributed by atoms with E-state index in [9.17, 15) is 9.59 Å². The Kier molecular flexibility index (Phi) is 5.70. The van der Waals surface area contributed by atoms with E-state index in [-0.39, 0.29) is 30.3 Å². The number of amides is 2. The zero-order chi connectivity index (χ0) is 21.9. The summed E-state index contributed by atoms with van der Waals surface area (Å²) >= 11 is 0. The highest BCUT2D eigenvalue weighted by molar-refractivity contribution is 5.97. The minimum Gasteiger partial charge on any atom is -0.376 e. The standard InChI is InChI=1S/C24H24N4O4/c29-23-10-18(12-25-23)24(30)26-22-11-21(28(27-22)19-7-2-1-3-8-19)17-6-4-5-16(9-17)13-32-20-14-31-15-20/h1-9,11,18,20H,10,12-15H2,(H,25,29)(H,26,27,30)/t18-/m0/s1. The molecule has 164 valence electrons. The van der Waals surface area contributed by atoms with Crippen molar-refractivity contribution in [2.45, 2.75) is 19.1 Å². The molecule has 2 amide bonds. The van der Waals surface area contributed by atoms with E-state index >= 15 is 0 Å². The molecule has 0 bridgehead atoms. The number of carbonyl (C=O) groups excluding carboxylic acids is 2. The van der Waals surface area contributed by atoms with Gasteiger partial charge in [-0.15, -0.1) is 5.10 Å². The lowest BCUT2D eigenvalue weighted by Crippen LogP contribution is -2.35. The number of nitrogens with one attached hydrogen (secondary N) is 2. The van der Waals surface area contributed by atoms with Crippen LogP contribution in [0.4, 0.5) is 5.82 Å². The third kappa shape index (κ3) is 4.42. The Labute approximate surface area is 185 Å². The average molecular weight is 432 g/mol. The number of rotatable bonds is 7. The highest BCUT2D eigenvalue weighted by Gasteiger charge is 2.28. The number of nitrogens with zero attached hydrogens (tertiary/aromatic N) is 2. The molecule has 0 saturated carbocycles. The Hall–Kier alpha value is -3.49. The van der Waals surface area contributed by atoms with Gasteiger partial charge in [-0.05, 0) is 23.8 Å². The number of aromatic nitrogens is 2. The quantitative estimate of drug-likeness (QED) is 0.598. The van der Waals surface area contributed by atoms with E-state index in [0.29, 0.717) is 32.2 Å². The van der Waals surface area contributed by atoms with Crippen LogP contribution in [0.5, 0.6) is 0 Å². The summed E-state index contributed by atoms with van der Waals surface area (Å²) < 4.78 is 12.8. The van der Waals surface area contributed by atoms with Gasteiger partial charge in [-0.3, -0.25) is 9.59 Å². The molecule has 0 spiro atoms. The second-order valence-electron chi connectivity index (χ2n) is 8.03. The molecule has 2 N–H and O–H groups in total. The van der Waals surface area contributed by atoms with Gasteiger partial charge >= 0.3 is 0 Å². The Balaban J connectivity index is 1.42. The smallest absolute Gasteiger partial charge is 0.230 e. The topological polar surface area (TPSA) is 94.5 Å². The average Bonchev–Trinajstić information content (AvgIpc) is 3.40. The van der Waals surface area contributed by atoms with Crippen LogP contribution in [0.2, 0.25) is 0 Å². The van der Waals surface area contributed by atoms with Crippen molar-refractivity contribution < 1.29 is 19.1 Å². The molecule has 0 aliphatic carbocycles. The molecule has 0 radical (unpaired) electrons. The second-order valence-corrected chi connectivity index (χ2v) is 8.03. The molecule has 3 heterocycles. The Bertz CT molecular complexity index is 1120. The normalized spacial score (nSPS) is 18.2. The van der Waals surface area contributed by atoms with Gasteiger partial charge in [-0.2, -0.15) is 0 Å². The zero-order valence-electron chi connectivity index (χ0n) is 17.5. The summed E-state index contributed by atoms with van der Waals surface area (Å²) in [6, 6.07) is 19.7. The molecule has 1 aromatic heterocycles. The monoisotopic (exact) mass is 432 g/mol. The van der Waals surface area contributed by atoms with Gasteiger partial charge in [0.15, 0.2) is 5.82 Å². The van der Waals surface area contributed by atoms with Crippen molar-refractivity contribution in [3.05, 3.63) is 66.2 Å². The van der Waals surface area contributed by atoms with Crippen molar-refractivity contribution >= 4 is 17.6 Å². The summed E-state index contributed by atoms with van der Waals surface area (Å²) in [6.45, 7) is 2.15. The molecule has 32 heavy (non-hydrogen) atoms. The van der Waals surface area contributed by atoms with Crippen molar-refractivity contribution in [2.24, 2.45) is 5.92 Å². The summed E-state index contributed by atoms with van der Waals surface area (Å²) in [5.41, 5.74) is 3.75. The van der Waals surface area contributed by atoms with Gasteiger partial charge in [0.1, 0.15) is 6.10 Å². The van der Waals surface area contributed by atoms with Crippen molar-refractivity contribution in [2.75, 3.05) is 25.1 Å². The zero-order valence-corrected chi connectivity index (χ0v) is 17.5.